The van der Waals surface area contributed by atoms with Gasteiger partial charge < -0.3 is 50.9 Å². The molecule has 5 aromatic rings. The topological polar surface area (TPSA) is 302 Å². The Morgan fingerprint density at radius 3 is 2.34 bits per heavy atom. The number of hydrogen-bond donors (Lipinski definition) is 6. The second kappa shape index (κ2) is 21.5. The van der Waals surface area contributed by atoms with Crippen molar-refractivity contribution in [2.75, 3.05) is 31.5 Å². The Hall–Kier alpha value is -7.74. The van der Waals surface area contributed by atoms with E-state index >= 15 is 0 Å². The van der Waals surface area contributed by atoms with Gasteiger partial charge in [0, 0.05) is 59.8 Å². The van der Waals surface area contributed by atoms with Crippen LogP contribution in [-0.2, 0) is 57.3 Å². The summed E-state index contributed by atoms with van der Waals surface area (Å²) in [5.74, 6) is 3.48. The fourth-order valence-electron chi connectivity index (χ4n) is 8.89. The Morgan fingerprint density at radius 1 is 0.932 bits per heavy atom. The molecule has 0 saturated heterocycles. The SMILES string of the molecule is CC[C@@]1(O)C(=O)OCc2c1cc1n(c2=O)Cc2c-1nc1cc3c(cc1c2-c1ccc(NC(=O)CNC(=O)[C@H](CCCCN)NC(=O)[C@@H](NC(=O)CCCC#Cc2cnc(S(C)(=O)=O)nc2)C(C)C)cc1)OCO3. The van der Waals surface area contributed by atoms with Crippen LogP contribution in [0.15, 0.2) is 64.8 Å². The minimum atomic E-state index is -3.54. The maximum atomic E-state index is 14.0. The quantitative estimate of drug-likeness (QED) is 0.0312. The molecule has 4 amide bonds. The molecule has 3 atom stereocenters. The first kappa shape index (κ1) is 51.6. The third-order valence-electron chi connectivity index (χ3n) is 12.8. The second-order valence-corrected chi connectivity index (χ2v) is 20.2. The molecule has 0 unspecified atom stereocenters. The van der Waals surface area contributed by atoms with Crippen molar-refractivity contribution in [3.05, 3.63) is 87.5 Å². The standard InChI is InChI=1S/C51H55N9O12S/c1-5-51(67)35-20-38-45-33(25-60(38)48(65)34(35)26-70-49(51)66)43(32-19-39-40(72-27-71-39)21-37(32)57-45)30-14-16-31(17-15-30)56-42(62)24-53-46(63)36(12-9-10-18-52)58-47(64)44(28(2)3)59-41(61)13-8-6-7-11-29-22-54-50(55-23-29)73(4,68)69/h14-17,19-23,28,36,44,67H,5-6,8-10,12-13,18,24-27,52H2,1-4H3,(H,53,63)(H,56,62)(H,58,64)(H,59,61)/t36-,44-,51-/m0/s1. The molecular formula is C51H55N9O12S. The van der Waals surface area contributed by atoms with Crippen LogP contribution < -0.4 is 42.0 Å². The number of aromatic nitrogens is 4. The number of nitrogens with two attached hydrogens (primary N) is 1. The third kappa shape index (κ3) is 11.0. The molecule has 0 spiro atoms. The van der Waals surface area contributed by atoms with Gasteiger partial charge >= 0.3 is 5.97 Å². The molecule has 0 fully saturated rings. The Morgan fingerprint density at radius 2 is 1.66 bits per heavy atom. The van der Waals surface area contributed by atoms with Crippen LogP contribution in [0, 0.1) is 17.8 Å². The molecule has 6 heterocycles. The highest BCUT2D eigenvalue weighted by molar-refractivity contribution is 7.90. The summed E-state index contributed by atoms with van der Waals surface area (Å²) >= 11 is 0. The van der Waals surface area contributed by atoms with Crippen LogP contribution in [0.5, 0.6) is 11.5 Å². The molecule has 3 aliphatic rings. The van der Waals surface area contributed by atoms with E-state index in [9.17, 15) is 42.3 Å². The highest BCUT2D eigenvalue weighted by Crippen LogP contribution is 2.46. The number of nitrogens with one attached hydrogen (secondary N) is 4. The number of rotatable bonds is 18. The molecule has 8 rings (SSSR count). The number of benzene rings is 2. The number of amides is 4. The predicted molar refractivity (Wildman–Crippen MR) is 265 cm³/mol. The van der Waals surface area contributed by atoms with Gasteiger partial charge in [-0.1, -0.05) is 44.7 Å². The lowest BCUT2D eigenvalue weighted by atomic mass is 9.86. The number of ether oxygens (including phenoxy) is 3. The van der Waals surface area contributed by atoms with E-state index in [1.54, 1.807) is 61.7 Å². The highest BCUT2D eigenvalue weighted by atomic mass is 32.2. The summed E-state index contributed by atoms with van der Waals surface area (Å²) in [6.45, 7) is 4.99. The maximum Gasteiger partial charge on any atom is 0.343 e. The third-order valence-corrected chi connectivity index (χ3v) is 13.7. The Kier molecular flexibility index (Phi) is 15.2. The zero-order valence-corrected chi connectivity index (χ0v) is 41.4. The van der Waals surface area contributed by atoms with Crippen LogP contribution in [0.1, 0.15) is 88.0 Å². The molecule has 7 N–H and O–H groups in total. The second-order valence-electron chi connectivity index (χ2n) is 18.3. The number of aliphatic hydroxyl groups is 1. The van der Waals surface area contributed by atoms with Crippen molar-refractivity contribution in [3.63, 3.8) is 0 Å². The van der Waals surface area contributed by atoms with Crippen molar-refractivity contribution in [1.82, 2.24) is 35.5 Å². The molecule has 2 aromatic carbocycles. The fourth-order valence-corrected chi connectivity index (χ4v) is 9.38. The lowest BCUT2D eigenvalue weighted by Gasteiger charge is -2.31. The van der Waals surface area contributed by atoms with Crippen LogP contribution in [0.2, 0.25) is 0 Å². The summed E-state index contributed by atoms with van der Waals surface area (Å²) in [4.78, 5) is 92.9. The van der Waals surface area contributed by atoms with E-state index in [-0.39, 0.29) is 61.4 Å². The van der Waals surface area contributed by atoms with Crippen molar-refractivity contribution in [2.45, 2.75) is 102 Å². The van der Waals surface area contributed by atoms with E-state index in [1.165, 1.54) is 12.4 Å². The molecule has 3 aliphatic heterocycles. The van der Waals surface area contributed by atoms with Crippen LogP contribution >= 0.6 is 0 Å². The van der Waals surface area contributed by atoms with Crippen LogP contribution in [0.3, 0.4) is 0 Å². The summed E-state index contributed by atoms with van der Waals surface area (Å²) in [7, 11) is -3.54. The van der Waals surface area contributed by atoms with E-state index in [1.807, 2.05) is 6.07 Å². The molecular weight excluding hydrogens is 963 g/mol. The minimum absolute atomic E-state index is 0.00427. The van der Waals surface area contributed by atoms with Gasteiger partial charge in [0.15, 0.2) is 17.1 Å². The fraction of sp³-hybridized carbons (Fsp3) is 0.392. The van der Waals surface area contributed by atoms with Gasteiger partial charge in [-0.3, -0.25) is 24.0 Å². The van der Waals surface area contributed by atoms with Gasteiger partial charge in [0.2, 0.25) is 45.4 Å². The Bertz CT molecular complexity index is 3260. The molecule has 0 radical (unpaired) electrons. The van der Waals surface area contributed by atoms with E-state index in [0.717, 1.165) is 11.8 Å². The summed E-state index contributed by atoms with van der Waals surface area (Å²) in [5, 5.41) is 22.8. The summed E-state index contributed by atoms with van der Waals surface area (Å²) in [5.41, 5.74) is 8.16. The predicted octanol–water partition coefficient (Wildman–Crippen LogP) is 2.70. The number of sulfone groups is 1. The molecule has 22 heteroatoms. The molecule has 3 aromatic heterocycles. The summed E-state index contributed by atoms with van der Waals surface area (Å²) in [6, 6.07) is 10.2. The van der Waals surface area contributed by atoms with Crippen molar-refractivity contribution in [3.8, 4) is 45.9 Å². The average molecular weight is 1020 g/mol. The monoisotopic (exact) mass is 1020 g/mol. The largest absolute Gasteiger partial charge is 0.458 e. The van der Waals surface area contributed by atoms with Gasteiger partial charge in [0.25, 0.3) is 5.56 Å². The Labute approximate surface area is 419 Å². The molecule has 0 bridgehead atoms. The van der Waals surface area contributed by atoms with Gasteiger partial charge in [-0.15, -0.1) is 0 Å². The van der Waals surface area contributed by atoms with Gasteiger partial charge in [-0.2, -0.15) is 0 Å². The van der Waals surface area contributed by atoms with Gasteiger partial charge in [0.05, 0.1) is 41.1 Å². The van der Waals surface area contributed by atoms with Crippen molar-refractivity contribution < 1.29 is 51.7 Å². The number of nitrogens with zero attached hydrogens (tertiary/aromatic N) is 4. The molecule has 21 nitrogen and oxygen atoms in total. The average Bonchev–Trinajstić information content (AvgIpc) is 3.98. The van der Waals surface area contributed by atoms with Crippen molar-refractivity contribution in [2.24, 2.45) is 11.7 Å². The molecule has 0 aliphatic carbocycles. The van der Waals surface area contributed by atoms with E-state index in [2.05, 4.69) is 43.1 Å². The van der Waals surface area contributed by atoms with Gasteiger partial charge in [-0.05, 0) is 80.0 Å². The van der Waals surface area contributed by atoms with Crippen LogP contribution in [-0.4, -0.2) is 101 Å². The first-order chi connectivity index (χ1) is 34.9. The number of cyclic esters (lactones) is 1. The number of hydrogen-bond acceptors (Lipinski definition) is 16. The Balaban J connectivity index is 0.916. The zero-order valence-electron chi connectivity index (χ0n) is 40.6. The van der Waals surface area contributed by atoms with E-state index < -0.39 is 69.2 Å². The lowest BCUT2D eigenvalue weighted by Crippen LogP contribution is -2.55. The smallest absolute Gasteiger partial charge is 0.343 e. The number of esters is 1. The summed E-state index contributed by atoms with van der Waals surface area (Å²) < 4.78 is 41.4. The van der Waals surface area contributed by atoms with Crippen LogP contribution in [0.25, 0.3) is 33.4 Å². The normalized spacial score (nSPS) is 16.0. The lowest BCUT2D eigenvalue weighted by molar-refractivity contribution is -0.172. The molecule has 382 valence electrons. The number of anilines is 1. The number of fused-ring (bicyclic) bond motifs is 6. The summed E-state index contributed by atoms with van der Waals surface area (Å²) in [6.07, 6.45) is 5.69. The van der Waals surface area contributed by atoms with E-state index in [0.29, 0.717) is 88.4 Å². The maximum absolute atomic E-state index is 14.0. The number of carbonyl (C=O) groups is 5. The molecule has 0 saturated carbocycles. The van der Waals surface area contributed by atoms with E-state index in [4.69, 9.17) is 24.9 Å². The van der Waals surface area contributed by atoms with Crippen molar-refractivity contribution in [1.29, 1.82) is 0 Å². The molecule has 73 heavy (non-hydrogen) atoms. The highest BCUT2D eigenvalue weighted by Gasteiger charge is 2.45. The zero-order chi connectivity index (χ0) is 52.2. The number of unbranched alkanes of at least 4 members (excludes halogenated alkanes) is 2. The first-order valence-corrected chi connectivity index (χ1v) is 25.7. The van der Waals surface area contributed by atoms with Crippen LogP contribution in [0.4, 0.5) is 5.69 Å². The number of carbonyl (C=O) groups excluding carboxylic acids is 5. The minimum Gasteiger partial charge on any atom is -0.458 e. The van der Waals surface area contributed by atoms with Gasteiger partial charge in [0.1, 0.15) is 18.7 Å². The number of pyridine rings is 2. The van der Waals surface area contributed by atoms with Crippen molar-refractivity contribution >= 4 is 56.0 Å². The first-order valence-electron chi connectivity index (χ1n) is 23.8. The van der Waals surface area contributed by atoms with Gasteiger partial charge in [-0.25, -0.2) is 28.2 Å².